The predicted molar refractivity (Wildman–Crippen MR) is 96.4 cm³/mol. The molecule has 0 aliphatic rings. The SMILES string of the molecule is CN(C)S(=O)(=O)c1cccc(NC(=O)/C=C/c2ccc(C(F)(F)F)cc2)c1. The zero-order valence-corrected chi connectivity index (χ0v) is 15.3. The largest absolute Gasteiger partial charge is 0.416 e. The lowest BCUT2D eigenvalue weighted by atomic mass is 10.1. The Morgan fingerprint density at radius 3 is 2.26 bits per heavy atom. The van der Waals surface area contributed by atoms with Crippen LogP contribution < -0.4 is 5.32 Å². The van der Waals surface area contributed by atoms with Crippen LogP contribution in [-0.4, -0.2) is 32.7 Å². The third-order valence-corrected chi connectivity index (χ3v) is 5.36. The molecular formula is C18H17F3N2O3S. The summed E-state index contributed by atoms with van der Waals surface area (Å²) in [7, 11) is -0.842. The van der Waals surface area contributed by atoms with Crippen LogP contribution in [0, 0.1) is 0 Å². The first kappa shape index (κ1) is 20.7. The standard InChI is InChI=1S/C18H17F3N2O3S/c1-23(2)27(25,26)16-5-3-4-15(12-16)22-17(24)11-8-13-6-9-14(10-7-13)18(19,20)21/h3-12H,1-2H3,(H,22,24)/b11-8+. The van der Waals surface area contributed by atoms with Gasteiger partial charge in [-0.15, -0.1) is 0 Å². The van der Waals surface area contributed by atoms with Gasteiger partial charge < -0.3 is 5.32 Å². The van der Waals surface area contributed by atoms with Crippen LogP contribution in [0.4, 0.5) is 18.9 Å². The Morgan fingerprint density at radius 1 is 1.07 bits per heavy atom. The Kier molecular flexibility index (Phi) is 6.07. The second-order valence-electron chi connectivity index (χ2n) is 5.76. The molecule has 0 radical (unpaired) electrons. The van der Waals surface area contributed by atoms with Gasteiger partial charge >= 0.3 is 6.18 Å². The van der Waals surface area contributed by atoms with Crippen molar-refractivity contribution >= 4 is 27.7 Å². The molecule has 0 aromatic heterocycles. The van der Waals surface area contributed by atoms with E-state index in [9.17, 15) is 26.4 Å². The number of nitrogens with zero attached hydrogens (tertiary/aromatic N) is 1. The molecule has 27 heavy (non-hydrogen) atoms. The molecule has 0 fully saturated rings. The minimum absolute atomic E-state index is 0.0250. The number of nitrogens with one attached hydrogen (secondary N) is 1. The van der Waals surface area contributed by atoms with Crippen LogP contribution in [0.15, 0.2) is 59.5 Å². The number of amides is 1. The van der Waals surface area contributed by atoms with Crippen molar-refractivity contribution in [1.82, 2.24) is 4.31 Å². The second kappa shape index (κ2) is 7.93. The lowest BCUT2D eigenvalue weighted by Gasteiger charge is -2.12. The van der Waals surface area contributed by atoms with Crippen molar-refractivity contribution in [1.29, 1.82) is 0 Å². The van der Waals surface area contributed by atoms with E-state index in [0.717, 1.165) is 22.5 Å². The van der Waals surface area contributed by atoms with E-state index < -0.39 is 27.7 Å². The van der Waals surface area contributed by atoms with Crippen LogP contribution in [0.3, 0.4) is 0 Å². The summed E-state index contributed by atoms with van der Waals surface area (Å²) in [6, 6.07) is 10.1. The van der Waals surface area contributed by atoms with Gasteiger partial charge in [0.1, 0.15) is 0 Å². The Hall–Kier alpha value is -2.65. The van der Waals surface area contributed by atoms with Crippen molar-refractivity contribution in [3.63, 3.8) is 0 Å². The summed E-state index contributed by atoms with van der Waals surface area (Å²) >= 11 is 0. The van der Waals surface area contributed by atoms with E-state index in [1.807, 2.05) is 0 Å². The Balaban J connectivity index is 2.09. The van der Waals surface area contributed by atoms with Crippen molar-refractivity contribution in [2.75, 3.05) is 19.4 Å². The lowest BCUT2D eigenvalue weighted by molar-refractivity contribution is -0.137. The van der Waals surface area contributed by atoms with Crippen LogP contribution in [0.5, 0.6) is 0 Å². The average Bonchev–Trinajstić information content (AvgIpc) is 2.59. The molecule has 2 rings (SSSR count). The molecule has 1 amide bonds. The smallest absolute Gasteiger partial charge is 0.322 e. The molecule has 0 aliphatic heterocycles. The molecule has 144 valence electrons. The highest BCUT2D eigenvalue weighted by Gasteiger charge is 2.29. The molecule has 0 saturated carbocycles. The topological polar surface area (TPSA) is 66.5 Å². The number of alkyl halides is 3. The molecule has 0 atom stereocenters. The van der Waals surface area contributed by atoms with Crippen LogP contribution in [0.25, 0.3) is 6.08 Å². The van der Waals surface area contributed by atoms with Crippen molar-refractivity contribution < 1.29 is 26.4 Å². The second-order valence-corrected chi connectivity index (χ2v) is 7.91. The van der Waals surface area contributed by atoms with E-state index in [1.165, 1.54) is 56.6 Å². The monoisotopic (exact) mass is 398 g/mol. The summed E-state index contributed by atoms with van der Waals surface area (Å²) in [5.41, 5.74) is -0.0786. The first-order valence-electron chi connectivity index (χ1n) is 7.69. The van der Waals surface area contributed by atoms with Crippen LogP contribution >= 0.6 is 0 Å². The third kappa shape index (κ3) is 5.41. The molecule has 1 N–H and O–H groups in total. The quantitative estimate of drug-likeness (QED) is 0.783. The molecule has 9 heteroatoms. The zero-order chi connectivity index (χ0) is 20.2. The van der Waals surface area contributed by atoms with Crippen molar-refractivity contribution in [3.8, 4) is 0 Å². The first-order valence-corrected chi connectivity index (χ1v) is 9.13. The van der Waals surface area contributed by atoms with Gasteiger partial charge in [0.25, 0.3) is 0 Å². The fourth-order valence-electron chi connectivity index (χ4n) is 2.08. The number of rotatable bonds is 5. The minimum atomic E-state index is -4.42. The summed E-state index contributed by atoms with van der Waals surface area (Å²) < 4.78 is 62.8. The molecule has 0 aliphatic carbocycles. The van der Waals surface area contributed by atoms with Crippen LogP contribution in [0.1, 0.15) is 11.1 Å². The van der Waals surface area contributed by atoms with Crippen molar-refractivity contribution in [2.24, 2.45) is 0 Å². The summed E-state index contributed by atoms with van der Waals surface area (Å²) in [5.74, 6) is -0.547. The number of carbonyl (C=O) groups excluding carboxylic acids is 1. The minimum Gasteiger partial charge on any atom is -0.322 e. The van der Waals surface area contributed by atoms with E-state index in [0.29, 0.717) is 5.56 Å². The van der Waals surface area contributed by atoms with E-state index in [1.54, 1.807) is 0 Å². The van der Waals surface area contributed by atoms with Gasteiger partial charge in [0.2, 0.25) is 15.9 Å². The molecule has 2 aromatic carbocycles. The van der Waals surface area contributed by atoms with Gasteiger partial charge in [0, 0.05) is 25.9 Å². The Labute approximate surface area is 155 Å². The molecule has 0 spiro atoms. The average molecular weight is 398 g/mol. The lowest BCUT2D eigenvalue weighted by Crippen LogP contribution is -2.22. The highest BCUT2D eigenvalue weighted by molar-refractivity contribution is 7.89. The molecule has 0 unspecified atom stereocenters. The van der Waals surface area contributed by atoms with E-state index >= 15 is 0 Å². The maximum absolute atomic E-state index is 12.5. The number of sulfonamides is 1. The molecular weight excluding hydrogens is 381 g/mol. The fourth-order valence-corrected chi connectivity index (χ4v) is 3.03. The van der Waals surface area contributed by atoms with Gasteiger partial charge in [-0.1, -0.05) is 18.2 Å². The Morgan fingerprint density at radius 2 is 1.70 bits per heavy atom. The van der Waals surface area contributed by atoms with Gasteiger partial charge in [0.05, 0.1) is 10.5 Å². The van der Waals surface area contributed by atoms with E-state index in [4.69, 9.17) is 0 Å². The number of halogens is 3. The summed E-state index contributed by atoms with van der Waals surface area (Å²) in [5, 5.41) is 2.51. The number of anilines is 1. The maximum Gasteiger partial charge on any atom is 0.416 e. The molecule has 2 aromatic rings. The van der Waals surface area contributed by atoms with Gasteiger partial charge in [0.15, 0.2) is 0 Å². The summed E-state index contributed by atoms with van der Waals surface area (Å²) in [6.45, 7) is 0. The summed E-state index contributed by atoms with van der Waals surface area (Å²) in [4.78, 5) is 12.0. The van der Waals surface area contributed by atoms with Gasteiger partial charge in [-0.2, -0.15) is 13.2 Å². The number of hydrogen-bond acceptors (Lipinski definition) is 3. The molecule has 0 saturated heterocycles. The Bertz CT molecular complexity index is 951. The number of carbonyl (C=O) groups is 1. The van der Waals surface area contributed by atoms with Gasteiger partial charge in [-0.25, -0.2) is 12.7 Å². The fraction of sp³-hybridized carbons (Fsp3) is 0.167. The van der Waals surface area contributed by atoms with Crippen molar-refractivity contribution in [3.05, 3.63) is 65.7 Å². The highest BCUT2D eigenvalue weighted by atomic mass is 32.2. The third-order valence-electron chi connectivity index (χ3n) is 3.55. The molecule has 5 nitrogen and oxygen atoms in total. The number of hydrogen-bond donors (Lipinski definition) is 1. The van der Waals surface area contributed by atoms with Gasteiger partial charge in [-0.3, -0.25) is 4.79 Å². The molecule has 0 heterocycles. The first-order chi connectivity index (χ1) is 12.5. The zero-order valence-electron chi connectivity index (χ0n) is 14.5. The maximum atomic E-state index is 12.5. The number of benzene rings is 2. The highest BCUT2D eigenvalue weighted by Crippen LogP contribution is 2.29. The van der Waals surface area contributed by atoms with E-state index in [2.05, 4.69) is 5.32 Å². The van der Waals surface area contributed by atoms with Crippen LogP contribution in [-0.2, 0) is 21.0 Å². The normalized spacial score (nSPS) is 12.5. The van der Waals surface area contributed by atoms with Gasteiger partial charge in [-0.05, 0) is 42.0 Å². The van der Waals surface area contributed by atoms with Crippen molar-refractivity contribution in [2.45, 2.75) is 11.1 Å². The predicted octanol–water partition coefficient (Wildman–Crippen LogP) is 3.61. The van der Waals surface area contributed by atoms with E-state index in [-0.39, 0.29) is 10.6 Å². The van der Waals surface area contributed by atoms with Crippen LogP contribution in [0.2, 0.25) is 0 Å². The summed E-state index contributed by atoms with van der Waals surface area (Å²) in [6.07, 6.45) is -1.91. The molecule has 0 bridgehead atoms.